The van der Waals surface area contributed by atoms with Gasteiger partial charge in [0.1, 0.15) is 0 Å². The summed E-state index contributed by atoms with van der Waals surface area (Å²) in [6, 6.07) is 0. The second kappa shape index (κ2) is 5.48. The molecule has 2 aromatic rings. The predicted molar refractivity (Wildman–Crippen MR) is 69.5 cm³/mol. The molecule has 92 valence electrons. The van der Waals surface area contributed by atoms with Crippen LogP contribution in [0.3, 0.4) is 0 Å². The third-order valence-corrected chi connectivity index (χ3v) is 2.03. The number of imidazole rings is 1. The molecule has 0 saturated heterocycles. The van der Waals surface area contributed by atoms with Crippen molar-refractivity contribution >= 4 is 17.1 Å². The van der Waals surface area contributed by atoms with E-state index in [4.69, 9.17) is 5.73 Å². The van der Waals surface area contributed by atoms with Crippen LogP contribution in [0.2, 0.25) is 0 Å². The molecule has 0 aliphatic carbocycles. The lowest BCUT2D eigenvalue weighted by Gasteiger charge is -1.89. The van der Waals surface area contributed by atoms with Gasteiger partial charge in [-0.3, -0.25) is 9.78 Å². The summed E-state index contributed by atoms with van der Waals surface area (Å²) in [6.45, 7) is 0. The van der Waals surface area contributed by atoms with Crippen LogP contribution in [-0.4, -0.2) is 19.9 Å². The zero-order valence-electron chi connectivity index (χ0n) is 9.42. The van der Waals surface area contributed by atoms with Crippen molar-refractivity contribution in [1.82, 2.24) is 25.3 Å². The number of nitrogens with zero attached hydrogens (tertiary/aromatic N) is 2. The number of nitrogens with one attached hydrogen (secondary N) is 3. The molecule has 0 radical (unpaired) electrons. The van der Waals surface area contributed by atoms with Gasteiger partial charge in [-0.15, -0.1) is 0 Å². The van der Waals surface area contributed by atoms with Gasteiger partial charge in [-0.2, -0.15) is 4.98 Å². The topological polar surface area (TPSA) is 112 Å². The van der Waals surface area contributed by atoms with Crippen molar-refractivity contribution in [3.05, 3.63) is 53.4 Å². The summed E-state index contributed by atoms with van der Waals surface area (Å²) < 4.78 is 0. The van der Waals surface area contributed by atoms with Crippen LogP contribution in [-0.2, 0) is 0 Å². The fraction of sp³-hybridized carbons (Fsp3) is 0. The Morgan fingerprint density at radius 1 is 1.11 bits per heavy atom. The number of aromatic amines is 2. The summed E-state index contributed by atoms with van der Waals surface area (Å²) in [4.78, 5) is 23.6. The van der Waals surface area contributed by atoms with Gasteiger partial charge in [-0.1, -0.05) is 12.2 Å². The quantitative estimate of drug-likeness (QED) is 0.536. The maximum atomic E-state index is 11.0. The molecule has 0 saturated carbocycles. The van der Waals surface area contributed by atoms with Gasteiger partial charge in [-0.05, 0) is 12.2 Å². The molecule has 0 spiro atoms. The first-order chi connectivity index (χ1) is 8.77. The van der Waals surface area contributed by atoms with Gasteiger partial charge in [0.2, 0.25) is 5.95 Å². The third kappa shape index (κ3) is 2.85. The molecule has 3 rings (SSSR count). The highest BCUT2D eigenvalue weighted by molar-refractivity contribution is 5.69. The Morgan fingerprint density at radius 2 is 1.83 bits per heavy atom. The number of H-pyrrole nitrogens is 2. The number of rotatable bonds is 0. The standard InChI is InChI=1S/C6H7N.C5H5N5O/c1-2-4-6-7-5-3-1;6-5-9-3-2(4(11)10-5)7-1-8-3/h1-7H;1H,(H4,6,7,8,9,10,11). The van der Waals surface area contributed by atoms with E-state index in [1.807, 2.05) is 36.7 Å². The normalized spacial score (nSPS) is 12.7. The molecular formula is C11H12N6O. The van der Waals surface area contributed by atoms with Crippen LogP contribution in [0.15, 0.2) is 47.8 Å². The van der Waals surface area contributed by atoms with Crippen LogP contribution in [0.4, 0.5) is 5.95 Å². The molecule has 7 heteroatoms. The first kappa shape index (κ1) is 11.6. The van der Waals surface area contributed by atoms with Gasteiger partial charge in [0.25, 0.3) is 5.56 Å². The fourth-order valence-electron chi connectivity index (χ4n) is 1.27. The molecule has 2 aromatic heterocycles. The van der Waals surface area contributed by atoms with Crippen molar-refractivity contribution in [1.29, 1.82) is 0 Å². The molecular weight excluding hydrogens is 232 g/mol. The number of hydrogen-bond donors (Lipinski definition) is 4. The number of aromatic nitrogens is 4. The summed E-state index contributed by atoms with van der Waals surface area (Å²) in [6.07, 6.45) is 13.0. The molecule has 0 fully saturated rings. The predicted octanol–water partition coefficient (Wildman–Crippen LogP) is 0.402. The van der Waals surface area contributed by atoms with E-state index in [1.165, 1.54) is 6.33 Å². The molecule has 0 amide bonds. The maximum Gasteiger partial charge on any atom is 0.280 e. The molecule has 0 bridgehead atoms. The van der Waals surface area contributed by atoms with Gasteiger partial charge >= 0.3 is 0 Å². The minimum Gasteiger partial charge on any atom is -0.369 e. The van der Waals surface area contributed by atoms with Crippen LogP contribution in [0.5, 0.6) is 0 Å². The number of fused-ring (bicyclic) bond motifs is 1. The Hall–Kier alpha value is -2.83. The largest absolute Gasteiger partial charge is 0.369 e. The smallest absolute Gasteiger partial charge is 0.280 e. The second-order valence-corrected chi connectivity index (χ2v) is 3.32. The minimum atomic E-state index is -0.325. The van der Waals surface area contributed by atoms with E-state index in [0.717, 1.165) is 0 Å². The van der Waals surface area contributed by atoms with Crippen LogP contribution in [0, 0.1) is 0 Å². The van der Waals surface area contributed by atoms with Gasteiger partial charge in [0, 0.05) is 12.4 Å². The van der Waals surface area contributed by atoms with Crippen LogP contribution < -0.4 is 16.6 Å². The van der Waals surface area contributed by atoms with Crippen LogP contribution in [0.25, 0.3) is 11.2 Å². The van der Waals surface area contributed by atoms with Crippen molar-refractivity contribution in [3.8, 4) is 0 Å². The Morgan fingerprint density at radius 3 is 2.56 bits per heavy atom. The molecule has 1 aliphatic heterocycles. The first-order valence-corrected chi connectivity index (χ1v) is 5.20. The Balaban J connectivity index is 0.000000149. The molecule has 5 N–H and O–H groups in total. The fourth-order valence-corrected chi connectivity index (χ4v) is 1.27. The minimum absolute atomic E-state index is 0.0896. The number of allylic oxidation sites excluding steroid dienone is 4. The average molecular weight is 244 g/mol. The lowest BCUT2D eigenvalue weighted by Crippen LogP contribution is -2.10. The summed E-state index contributed by atoms with van der Waals surface area (Å²) in [5, 5.41) is 2.92. The van der Waals surface area contributed by atoms with E-state index < -0.39 is 0 Å². The summed E-state index contributed by atoms with van der Waals surface area (Å²) in [7, 11) is 0. The number of nitrogens with two attached hydrogens (primary N) is 1. The van der Waals surface area contributed by atoms with Crippen molar-refractivity contribution in [2.24, 2.45) is 0 Å². The van der Waals surface area contributed by atoms with Gasteiger partial charge < -0.3 is 16.0 Å². The van der Waals surface area contributed by atoms with E-state index >= 15 is 0 Å². The molecule has 18 heavy (non-hydrogen) atoms. The van der Waals surface area contributed by atoms with E-state index in [0.29, 0.717) is 5.65 Å². The zero-order valence-corrected chi connectivity index (χ0v) is 9.42. The second-order valence-electron chi connectivity index (χ2n) is 3.32. The Bertz CT molecular complexity index is 649. The summed E-state index contributed by atoms with van der Waals surface area (Å²) >= 11 is 0. The average Bonchev–Trinajstić information content (AvgIpc) is 2.64. The maximum absolute atomic E-state index is 11.0. The van der Waals surface area contributed by atoms with Crippen LogP contribution in [0.1, 0.15) is 0 Å². The number of nitrogen functional groups attached to an aromatic ring is 1. The van der Waals surface area contributed by atoms with Gasteiger partial charge in [0.15, 0.2) is 11.2 Å². The molecule has 0 aromatic carbocycles. The molecule has 0 atom stereocenters. The molecule has 1 aliphatic rings. The van der Waals surface area contributed by atoms with Crippen LogP contribution >= 0.6 is 0 Å². The zero-order chi connectivity index (χ0) is 12.8. The van der Waals surface area contributed by atoms with E-state index in [-0.39, 0.29) is 17.0 Å². The monoisotopic (exact) mass is 244 g/mol. The lowest BCUT2D eigenvalue weighted by atomic mass is 10.5. The van der Waals surface area contributed by atoms with Gasteiger partial charge in [-0.25, -0.2) is 4.98 Å². The van der Waals surface area contributed by atoms with Gasteiger partial charge in [0.05, 0.1) is 6.33 Å². The summed E-state index contributed by atoms with van der Waals surface area (Å²) in [5.74, 6) is 0.0896. The van der Waals surface area contributed by atoms with Crippen molar-refractivity contribution in [2.45, 2.75) is 0 Å². The van der Waals surface area contributed by atoms with Crippen molar-refractivity contribution in [2.75, 3.05) is 5.73 Å². The van der Waals surface area contributed by atoms with E-state index in [9.17, 15) is 4.79 Å². The molecule has 0 unspecified atom stereocenters. The first-order valence-electron chi connectivity index (χ1n) is 5.20. The SMILES string of the molecule is C1=CC=CNC=C1.Nc1nc2[nH]cnc2c(=O)[nH]1. The van der Waals surface area contributed by atoms with Crippen molar-refractivity contribution < 1.29 is 0 Å². The van der Waals surface area contributed by atoms with E-state index in [2.05, 4.69) is 25.3 Å². The highest BCUT2D eigenvalue weighted by Crippen LogP contribution is 1.98. The number of anilines is 1. The highest BCUT2D eigenvalue weighted by atomic mass is 16.1. The summed E-state index contributed by atoms with van der Waals surface area (Å²) in [5.41, 5.74) is 5.63. The van der Waals surface area contributed by atoms with E-state index in [1.54, 1.807) is 0 Å². The third-order valence-electron chi connectivity index (χ3n) is 2.03. The Kier molecular flexibility index (Phi) is 3.55. The number of hydrogen-bond acceptors (Lipinski definition) is 5. The molecule has 3 heterocycles. The Labute approximate surface area is 102 Å². The molecule has 7 nitrogen and oxygen atoms in total. The highest BCUT2D eigenvalue weighted by Gasteiger charge is 2.01. The lowest BCUT2D eigenvalue weighted by molar-refractivity contribution is 1.17. The van der Waals surface area contributed by atoms with Crippen molar-refractivity contribution in [3.63, 3.8) is 0 Å².